The number of pyridine rings is 1. The summed E-state index contributed by atoms with van der Waals surface area (Å²) < 4.78 is 1.98. The number of carbonyl (C=O) groups is 1. The van der Waals surface area contributed by atoms with Crippen molar-refractivity contribution in [3.63, 3.8) is 0 Å². The summed E-state index contributed by atoms with van der Waals surface area (Å²) in [6.07, 6.45) is 13.0. The Bertz CT molecular complexity index is 1280. The number of aliphatic imine (C=N–C) groups is 1. The quantitative estimate of drug-likeness (QED) is 0.596. The average Bonchev–Trinajstić information content (AvgIpc) is 3.28. The fraction of sp³-hybridized carbons (Fsp3) is 0.370. The molecule has 1 saturated carbocycles. The van der Waals surface area contributed by atoms with Crippen LogP contribution >= 0.6 is 0 Å². The van der Waals surface area contributed by atoms with E-state index in [0.717, 1.165) is 22.3 Å². The lowest BCUT2D eigenvalue weighted by Gasteiger charge is -2.52. The van der Waals surface area contributed by atoms with Crippen molar-refractivity contribution in [3.05, 3.63) is 72.2 Å². The number of likely N-dealkylation sites (tertiary alicyclic amines) is 1. The number of benzene rings is 1. The molecule has 35 heavy (non-hydrogen) atoms. The van der Waals surface area contributed by atoms with Crippen molar-refractivity contribution < 1.29 is 4.79 Å². The number of fused-ring (bicyclic) bond motifs is 1. The van der Waals surface area contributed by atoms with Crippen LogP contribution in [0, 0.1) is 5.41 Å². The maximum atomic E-state index is 12.4. The number of rotatable bonds is 4. The zero-order valence-corrected chi connectivity index (χ0v) is 20.0. The van der Waals surface area contributed by atoms with Crippen molar-refractivity contribution >= 4 is 29.0 Å². The molecule has 0 bridgehead atoms. The third kappa shape index (κ3) is 4.41. The van der Waals surface area contributed by atoms with Gasteiger partial charge in [-0.1, -0.05) is 18.2 Å². The highest BCUT2D eigenvalue weighted by atomic mass is 16.2. The van der Waals surface area contributed by atoms with Crippen molar-refractivity contribution in [2.75, 3.05) is 32.1 Å². The second-order valence-electron chi connectivity index (χ2n) is 10.2. The largest absolute Gasteiger partial charge is 0.338 e. The average molecular weight is 470 g/mol. The Labute approximate surface area is 205 Å². The summed E-state index contributed by atoms with van der Waals surface area (Å²) in [5, 5.41) is 9.17. The highest BCUT2D eigenvalue weighted by Crippen LogP contribution is 2.48. The van der Waals surface area contributed by atoms with E-state index in [1.54, 1.807) is 5.01 Å². The van der Waals surface area contributed by atoms with Crippen LogP contribution in [0.2, 0.25) is 0 Å². The first-order valence-corrected chi connectivity index (χ1v) is 12.3. The molecule has 2 aliphatic heterocycles. The monoisotopic (exact) mass is 469 g/mol. The molecule has 1 aliphatic carbocycles. The first-order valence-electron chi connectivity index (χ1n) is 12.3. The van der Waals surface area contributed by atoms with Crippen LogP contribution in [-0.2, 0) is 0 Å². The summed E-state index contributed by atoms with van der Waals surface area (Å²) >= 11 is 0. The van der Waals surface area contributed by atoms with Gasteiger partial charge in [-0.25, -0.2) is 14.7 Å². The fourth-order valence-electron chi connectivity index (χ4n) is 5.95. The lowest BCUT2D eigenvalue weighted by atomic mass is 9.65. The number of allylic oxidation sites excluding steroid dienone is 1. The normalized spacial score (nSPS) is 20.0. The lowest BCUT2D eigenvalue weighted by molar-refractivity contribution is -0.0136. The topological polar surface area (TPSA) is 77.3 Å². The molecule has 1 saturated heterocycles. The highest BCUT2D eigenvalue weighted by Gasteiger charge is 2.43. The molecule has 2 aromatic heterocycles. The Morgan fingerprint density at radius 3 is 2.69 bits per heavy atom. The number of urea groups is 1. The second kappa shape index (κ2) is 8.85. The minimum Gasteiger partial charge on any atom is -0.307 e. The molecule has 3 aromatic rings. The van der Waals surface area contributed by atoms with Crippen LogP contribution in [0.25, 0.3) is 11.1 Å². The number of anilines is 1. The number of nitrogens with one attached hydrogen (secondary N) is 2. The molecule has 0 unspecified atom stereocenters. The molecule has 1 aromatic carbocycles. The van der Waals surface area contributed by atoms with E-state index in [1.807, 2.05) is 53.5 Å². The van der Waals surface area contributed by atoms with Gasteiger partial charge < -0.3 is 10.2 Å². The van der Waals surface area contributed by atoms with Gasteiger partial charge in [0.15, 0.2) is 0 Å². The molecule has 0 atom stereocenters. The zero-order chi connectivity index (χ0) is 23.8. The first kappa shape index (κ1) is 21.9. The van der Waals surface area contributed by atoms with E-state index in [1.165, 1.54) is 44.3 Å². The van der Waals surface area contributed by atoms with Gasteiger partial charge in [-0.15, -0.1) is 0 Å². The van der Waals surface area contributed by atoms with Gasteiger partial charge in [-0.05, 0) is 73.9 Å². The Kier molecular flexibility index (Phi) is 5.53. The molecule has 2 amide bonds. The van der Waals surface area contributed by atoms with Crippen LogP contribution in [0.4, 0.5) is 10.5 Å². The molecule has 1 spiro atoms. The van der Waals surface area contributed by atoms with Crippen molar-refractivity contribution in [1.82, 2.24) is 24.9 Å². The maximum absolute atomic E-state index is 12.4. The Balaban J connectivity index is 1.17. The minimum absolute atomic E-state index is 0.301. The third-order valence-electron chi connectivity index (χ3n) is 7.62. The second-order valence-corrected chi connectivity index (χ2v) is 10.2. The number of carbonyl (C=O) groups excluding carboxylic acids is 1. The highest BCUT2D eigenvalue weighted by molar-refractivity contribution is 6.10. The van der Waals surface area contributed by atoms with E-state index in [2.05, 4.69) is 51.1 Å². The van der Waals surface area contributed by atoms with Crippen LogP contribution in [0.5, 0.6) is 0 Å². The van der Waals surface area contributed by atoms with Gasteiger partial charge in [0.25, 0.3) is 0 Å². The van der Waals surface area contributed by atoms with Gasteiger partial charge in [-0.3, -0.25) is 10.0 Å². The van der Waals surface area contributed by atoms with E-state index in [0.29, 0.717) is 18.0 Å². The molecule has 8 heteroatoms. The van der Waals surface area contributed by atoms with Crippen molar-refractivity contribution in [3.8, 4) is 0 Å². The summed E-state index contributed by atoms with van der Waals surface area (Å²) in [5.41, 5.74) is 8.68. The van der Waals surface area contributed by atoms with E-state index in [9.17, 15) is 4.79 Å². The van der Waals surface area contributed by atoms with E-state index >= 15 is 0 Å². The molecule has 8 nitrogen and oxygen atoms in total. The van der Waals surface area contributed by atoms with Gasteiger partial charge in [0.05, 0.1) is 11.7 Å². The number of hydrogen-bond acceptors (Lipinski definition) is 5. The van der Waals surface area contributed by atoms with Crippen LogP contribution in [-0.4, -0.2) is 58.6 Å². The van der Waals surface area contributed by atoms with E-state index in [-0.39, 0.29) is 6.03 Å². The van der Waals surface area contributed by atoms with Crippen LogP contribution in [0.3, 0.4) is 0 Å². The number of aromatic nitrogens is 2. The number of nitrogens with zero attached hydrogens (tertiary/aromatic N) is 5. The molecule has 180 valence electrons. The molecular formula is C27H31N7O. The van der Waals surface area contributed by atoms with E-state index < -0.39 is 0 Å². The number of amides is 2. The molecular weight excluding hydrogens is 438 g/mol. The molecule has 4 heterocycles. The summed E-state index contributed by atoms with van der Waals surface area (Å²) in [7, 11) is 2.22. The van der Waals surface area contributed by atoms with Crippen molar-refractivity contribution in [1.29, 1.82) is 0 Å². The standard InChI is InChI=1S/C27H31N7O/c1-32-17-27(18-32)10-7-20(8-11-27)24-15-29-34-12-9-21(13-25(24)34)22-14-28-19-33(16-22)31-26(35)30-23-5-3-2-4-6-23/h2-6,9,12-16,20H,7-8,10-11,17-19H2,1H3,(H2,30,31,35). The number of hydrogen-bond donors (Lipinski definition) is 2. The predicted molar refractivity (Wildman–Crippen MR) is 138 cm³/mol. The van der Waals surface area contributed by atoms with Crippen molar-refractivity contribution in [2.45, 2.75) is 31.6 Å². The minimum atomic E-state index is -0.301. The van der Waals surface area contributed by atoms with Crippen LogP contribution < -0.4 is 10.7 Å². The third-order valence-corrected chi connectivity index (χ3v) is 7.62. The zero-order valence-electron chi connectivity index (χ0n) is 20.0. The smallest absolute Gasteiger partial charge is 0.307 e. The Morgan fingerprint density at radius 1 is 1.11 bits per heavy atom. The van der Waals surface area contributed by atoms with Gasteiger partial charge >= 0.3 is 6.03 Å². The van der Waals surface area contributed by atoms with Crippen LogP contribution in [0.15, 0.2) is 66.1 Å². The first-order chi connectivity index (χ1) is 17.1. The number of hydrazine groups is 1. The maximum Gasteiger partial charge on any atom is 0.338 e. The molecule has 3 aliphatic rings. The summed E-state index contributed by atoms with van der Waals surface area (Å²) in [6, 6.07) is 13.3. The molecule has 0 radical (unpaired) electrons. The summed E-state index contributed by atoms with van der Waals surface area (Å²) in [5.74, 6) is 0.563. The van der Waals surface area contributed by atoms with Crippen molar-refractivity contribution in [2.24, 2.45) is 10.4 Å². The Morgan fingerprint density at radius 2 is 1.91 bits per heavy atom. The number of para-hydroxylation sites is 1. The molecule has 2 N–H and O–H groups in total. The van der Waals surface area contributed by atoms with Crippen LogP contribution in [0.1, 0.15) is 42.7 Å². The summed E-state index contributed by atoms with van der Waals surface area (Å²) in [4.78, 5) is 19.3. The fourth-order valence-corrected chi connectivity index (χ4v) is 5.95. The molecule has 6 rings (SSSR count). The van der Waals surface area contributed by atoms with Gasteiger partial charge in [0.2, 0.25) is 0 Å². The SMILES string of the molecule is CN1CC2(CCC(c3cnn4ccc(C5=CN(NC(=O)Nc6ccccc6)CN=C5)cc34)CC2)C1. The predicted octanol–water partition coefficient (Wildman–Crippen LogP) is 4.35. The van der Waals surface area contributed by atoms with E-state index in [4.69, 9.17) is 0 Å². The lowest BCUT2D eigenvalue weighted by Crippen LogP contribution is -2.55. The van der Waals surface area contributed by atoms with Gasteiger partial charge in [0.1, 0.15) is 6.67 Å². The van der Waals surface area contributed by atoms with Gasteiger partial charge in [-0.2, -0.15) is 5.10 Å². The Hall–Kier alpha value is -3.65. The summed E-state index contributed by atoms with van der Waals surface area (Å²) in [6.45, 7) is 2.87. The molecule has 2 fully saturated rings. The van der Waals surface area contributed by atoms with Gasteiger partial charge in [0, 0.05) is 48.5 Å².